The van der Waals surface area contributed by atoms with Crippen LogP contribution in [0.1, 0.15) is 53.1 Å². The highest BCUT2D eigenvalue weighted by atomic mass is 16.2. The molecule has 3 aromatic rings. The molecule has 0 bridgehead atoms. The van der Waals surface area contributed by atoms with Crippen molar-refractivity contribution in [3.05, 3.63) is 77.6 Å². The molecule has 2 fully saturated rings. The second-order valence-electron chi connectivity index (χ2n) is 10.9. The largest absolute Gasteiger partial charge is 0.340 e. The quantitative estimate of drug-likeness (QED) is 0.339. The Kier molecular flexibility index (Phi) is 9.24. The van der Waals surface area contributed by atoms with Crippen LogP contribution in [0.15, 0.2) is 60.9 Å². The van der Waals surface area contributed by atoms with Crippen molar-refractivity contribution in [2.45, 2.75) is 50.6 Å². The lowest BCUT2D eigenvalue weighted by Crippen LogP contribution is -2.55. The van der Waals surface area contributed by atoms with Gasteiger partial charge in [-0.25, -0.2) is 4.68 Å². The first-order valence-corrected chi connectivity index (χ1v) is 14.4. The third-order valence-electron chi connectivity index (χ3n) is 7.97. The van der Waals surface area contributed by atoms with Crippen molar-refractivity contribution >= 4 is 17.7 Å². The first-order valence-electron chi connectivity index (χ1n) is 14.4. The van der Waals surface area contributed by atoms with E-state index < -0.39 is 6.04 Å². The molecule has 3 atom stereocenters. The summed E-state index contributed by atoms with van der Waals surface area (Å²) < 4.78 is 1.60. The number of carbonyl (C=O) groups is 3. The lowest BCUT2D eigenvalue weighted by molar-refractivity contribution is -0.140. The Morgan fingerprint density at radius 2 is 1.74 bits per heavy atom. The lowest BCUT2D eigenvalue weighted by atomic mass is 10.1. The van der Waals surface area contributed by atoms with Gasteiger partial charge in [-0.05, 0) is 62.6 Å². The predicted molar refractivity (Wildman–Crippen MR) is 156 cm³/mol. The minimum absolute atomic E-state index is 0.154. The van der Waals surface area contributed by atoms with E-state index in [1.165, 1.54) is 11.1 Å². The minimum atomic E-state index is -0.692. The molecule has 11 nitrogen and oxygen atoms in total. The summed E-state index contributed by atoms with van der Waals surface area (Å²) in [6.45, 7) is 4.32. The molecule has 5 rings (SSSR count). The van der Waals surface area contributed by atoms with Crippen LogP contribution in [0.4, 0.5) is 0 Å². The number of hydrogen-bond acceptors (Lipinski definition) is 7. The number of nitrogens with zero attached hydrogens (tertiary/aromatic N) is 6. The van der Waals surface area contributed by atoms with Gasteiger partial charge in [-0.3, -0.25) is 14.4 Å². The summed E-state index contributed by atoms with van der Waals surface area (Å²) in [5, 5.41) is 23.2. The molecule has 3 amide bonds. The van der Waals surface area contributed by atoms with Gasteiger partial charge in [-0.15, -0.1) is 5.10 Å². The molecule has 1 aromatic heterocycles. The molecular weight excluding hydrogens is 532 g/mol. The molecule has 2 aliphatic rings. The van der Waals surface area contributed by atoms with Crippen LogP contribution in [0.25, 0.3) is 5.69 Å². The molecule has 2 aromatic carbocycles. The normalized spacial score (nSPS) is 18.7. The number of nitriles is 1. The molecule has 11 heteroatoms. The van der Waals surface area contributed by atoms with E-state index in [1.54, 1.807) is 51.1 Å². The molecule has 1 aliphatic heterocycles. The summed E-state index contributed by atoms with van der Waals surface area (Å²) in [6.07, 6.45) is 5.44. The summed E-state index contributed by atoms with van der Waals surface area (Å²) in [5.41, 5.74) is 3.82. The maximum atomic E-state index is 13.6. The van der Waals surface area contributed by atoms with Crippen molar-refractivity contribution in [3.8, 4) is 11.8 Å². The Morgan fingerprint density at radius 3 is 2.40 bits per heavy atom. The van der Waals surface area contributed by atoms with Crippen molar-refractivity contribution in [3.63, 3.8) is 0 Å². The van der Waals surface area contributed by atoms with Crippen LogP contribution in [0.5, 0.6) is 0 Å². The van der Waals surface area contributed by atoms with Crippen LogP contribution < -0.4 is 10.6 Å². The molecule has 1 aliphatic carbocycles. The van der Waals surface area contributed by atoms with Crippen molar-refractivity contribution < 1.29 is 14.4 Å². The summed E-state index contributed by atoms with van der Waals surface area (Å²) in [7, 11) is 0. The van der Waals surface area contributed by atoms with Crippen LogP contribution in [0.2, 0.25) is 0 Å². The number of aryl methyl sites for hydroxylation is 1. The zero-order valence-electron chi connectivity index (χ0n) is 23.8. The van der Waals surface area contributed by atoms with Gasteiger partial charge in [0.2, 0.25) is 11.8 Å². The van der Waals surface area contributed by atoms with Crippen LogP contribution in [-0.4, -0.2) is 87.3 Å². The van der Waals surface area contributed by atoms with Gasteiger partial charge in [-0.1, -0.05) is 35.0 Å². The van der Waals surface area contributed by atoms with Crippen LogP contribution in [0, 0.1) is 18.3 Å². The number of nitrogens with one attached hydrogen (secondary N) is 2. The molecule has 2 N–H and O–H groups in total. The molecule has 42 heavy (non-hydrogen) atoms. The Morgan fingerprint density at radius 1 is 1.02 bits per heavy atom. The molecular formula is C31H36N8O3. The Labute approximate surface area is 245 Å². The molecule has 1 saturated carbocycles. The van der Waals surface area contributed by atoms with Gasteiger partial charge in [0.15, 0.2) is 0 Å². The molecule has 218 valence electrons. The fraction of sp³-hybridized carbons (Fsp3) is 0.419. The summed E-state index contributed by atoms with van der Waals surface area (Å²) in [4.78, 5) is 42.2. The second-order valence-corrected chi connectivity index (χ2v) is 10.9. The Hall–Kier alpha value is -4.56. The van der Waals surface area contributed by atoms with Gasteiger partial charge in [0.05, 0.1) is 24.2 Å². The van der Waals surface area contributed by atoms with Crippen LogP contribution in [-0.2, 0) is 9.59 Å². The maximum Gasteiger partial charge on any atom is 0.251 e. The standard InChI is InChI=1S/C31H36N8O3/c1-22-4-6-23(7-5-22)26-21-28(26)33-14-2-3-27(31(42)38-19-17-37(18-20-38)29(40)12-13-32)35-30(41)24-8-10-25(11-9-24)39-16-15-34-36-39/h4-11,15-16,26-28,33H,2-3,12,14,17-21H2,1H3,(H,35,41)/t26-,27-,28+/m0/s1. The number of amides is 3. The topological polar surface area (TPSA) is 136 Å². The third-order valence-corrected chi connectivity index (χ3v) is 7.97. The molecule has 2 heterocycles. The van der Waals surface area contributed by atoms with Crippen molar-refractivity contribution in [2.24, 2.45) is 0 Å². The number of benzene rings is 2. The van der Waals surface area contributed by atoms with Crippen LogP contribution >= 0.6 is 0 Å². The van der Waals surface area contributed by atoms with E-state index in [-0.39, 0.29) is 24.1 Å². The van der Waals surface area contributed by atoms with Gasteiger partial charge in [0.1, 0.15) is 12.5 Å². The molecule has 0 radical (unpaired) electrons. The number of piperazine rings is 1. The maximum absolute atomic E-state index is 13.6. The fourth-order valence-corrected chi connectivity index (χ4v) is 5.38. The number of hydrogen-bond donors (Lipinski definition) is 2. The molecule has 0 spiro atoms. The first kappa shape index (κ1) is 29.0. The van der Waals surface area contributed by atoms with Gasteiger partial charge in [-0.2, -0.15) is 5.26 Å². The third kappa shape index (κ3) is 7.19. The summed E-state index contributed by atoms with van der Waals surface area (Å²) in [5.74, 6) is -0.183. The summed E-state index contributed by atoms with van der Waals surface area (Å²) >= 11 is 0. The zero-order chi connectivity index (χ0) is 29.5. The highest BCUT2D eigenvalue weighted by Gasteiger charge is 2.37. The number of aromatic nitrogens is 3. The Balaban J connectivity index is 1.17. The van der Waals surface area contributed by atoms with E-state index in [0.717, 1.165) is 25.1 Å². The van der Waals surface area contributed by atoms with Gasteiger partial charge < -0.3 is 20.4 Å². The van der Waals surface area contributed by atoms with Gasteiger partial charge in [0, 0.05) is 43.7 Å². The summed E-state index contributed by atoms with van der Waals surface area (Å²) in [6, 6.07) is 17.3. The van der Waals surface area contributed by atoms with E-state index >= 15 is 0 Å². The minimum Gasteiger partial charge on any atom is -0.340 e. The van der Waals surface area contributed by atoms with E-state index in [2.05, 4.69) is 52.1 Å². The lowest BCUT2D eigenvalue weighted by Gasteiger charge is -2.36. The zero-order valence-corrected chi connectivity index (χ0v) is 23.8. The fourth-order valence-electron chi connectivity index (χ4n) is 5.38. The van der Waals surface area contributed by atoms with Crippen molar-refractivity contribution in [1.29, 1.82) is 5.26 Å². The SMILES string of the molecule is Cc1ccc([C@@H]2C[C@H]2NCCC[C@H](NC(=O)c2ccc(-n3ccnn3)cc2)C(=O)N2CCN(C(=O)CC#N)CC2)cc1. The van der Waals surface area contributed by atoms with Crippen molar-refractivity contribution in [1.82, 2.24) is 35.4 Å². The monoisotopic (exact) mass is 568 g/mol. The number of rotatable bonds is 11. The number of carbonyl (C=O) groups excluding carboxylic acids is 3. The first-order chi connectivity index (χ1) is 20.4. The molecule has 0 unspecified atom stereocenters. The second kappa shape index (κ2) is 13.4. The average molecular weight is 569 g/mol. The molecule has 1 saturated heterocycles. The van der Waals surface area contributed by atoms with E-state index in [4.69, 9.17) is 5.26 Å². The van der Waals surface area contributed by atoms with Crippen LogP contribution in [0.3, 0.4) is 0 Å². The highest BCUT2D eigenvalue weighted by Crippen LogP contribution is 2.40. The Bertz CT molecular complexity index is 1410. The van der Waals surface area contributed by atoms with E-state index in [1.807, 2.05) is 6.07 Å². The van der Waals surface area contributed by atoms with E-state index in [0.29, 0.717) is 50.1 Å². The van der Waals surface area contributed by atoms with Gasteiger partial charge in [0.25, 0.3) is 5.91 Å². The predicted octanol–water partition coefficient (Wildman–Crippen LogP) is 2.18. The highest BCUT2D eigenvalue weighted by molar-refractivity contribution is 5.97. The average Bonchev–Trinajstić information content (AvgIpc) is 3.57. The van der Waals surface area contributed by atoms with Gasteiger partial charge >= 0.3 is 0 Å². The smallest absolute Gasteiger partial charge is 0.251 e. The van der Waals surface area contributed by atoms with E-state index in [9.17, 15) is 14.4 Å². The van der Waals surface area contributed by atoms with Crippen molar-refractivity contribution in [2.75, 3.05) is 32.7 Å².